The van der Waals surface area contributed by atoms with Gasteiger partial charge in [-0.05, 0) is 40.2 Å². The van der Waals surface area contributed by atoms with Gasteiger partial charge < -0.3 is 19.5 Å². The Morgan fingerprint density at radius 1 is 1.29 bits per heavy atom. The van der Waals surface area contributed by atoms with Crippen molar-refractivity contribution in [1.29, 1.82) is 0 Å². The number of hydrogen-bond donors (Lipinski definition) is 1. The number of thiazole rings is 1. The van der Waals surface area contributed by atoms with Crippen molar-refractivity contribution in [2.24, 2.45) is 0 Å². The molecule has 166 valence electrons. The van der Waals surface area contributed by atoms with E-state index in [1.165, 1.54) is 23.3 Å². The van der Waals surface area contributed by atoms with Crippen LogP contribution in [0, 0.1) is 13.8 Å². The minimum absolute atomic E-state index is 0.0611. The minimum Gasteiger partial charge on any atom is -0.503 e. The molecule has 1 aromatic carbocycles. The average molecular weight is 445 g/mol. The van der Waals surface area contributed by atoms with Crippen LogP contribution < -0.4 is 4.74 Å². The van der Waals surface area contributed by atoms with Gasteiger partial charge >= 0.3 is 0 Å². The molecular weight excluding hydrogens is 416 g/mol. The van der Waals surface area contributed by atoms with Crippen LogP contribution in [0.2, 0.25) is 0 Å². The van der Waals surface area contributed by atoms with Gasteiger partial charge in [0.05, 0.1) is 40.4 Å². The van der Waals surface area contributed by atoms with Gasteiger partial charge in [0.2, 0.25) is 5.78 Å². The molecule has 0 bridgehead atoms. The zero-order chi connectivity index (χ0) is 22.7. The molecule has 1 aromatic heterocycles. The van der Waals surface area contributed by atoms with E-state index < -0.39 is 17.7 Å². The number of hydrogen-bond acceptors (Lipinski definition) is 7. The zero-order valence-electron chi connectivity index (χ0n) is 18.5. The maximum absolute atomic E-state index is 13.5. The van der Waals surface area contributed by atoms with Crippen molar-refractivity contribution in [2.45, 2.75) is 46.3 Å². The molecule has 7 nitrogen and oxygen atoms in total. The number of ketones is 1. The van der Waals surface area contributed by atoms with Gasteiger partial charge in [0.15, 0.2) is 5.76 Å². The van der Waals surface area contributed by atoms with Crippen molar-refractivity contribution >= 4 is 23.0 Å². The second kappa shape index (κ2) is 9.62. The fraction of sp³-hybridized carbons (Fsp3) is 0.435. The summed E-state index contributed by atoms with van der Waals surface area (Å²) in [5, 5.41) is 11.5. The molecule has 1 N–H and O–H groups in total. The van der Waals surface area contributed by atoms with Gasteiger partial charge in [0.25, 0.3) is 5.91 Å². The molecule has 0 saturated carbocycles. The van der Waals surface area contributed by atoms with Crippen molar-refractivity contribution in [2.75, 3.05) is 20.3 Å². The van der Waals surface area contributed by atoms with Crippen molar-refractivity contribution in [3.63, 3.8) is 0 Å². The van der Waals surface area contributed by atoms with Crippen LogP contribution in [0.25, 0.3) is 0 Å². The maximum Gasteiger partial charge on any atom is 0.290 e. The first kappa shape index (κ1) is 23.0. The van der Waals surface area contributed by atoms with Gasteiger partial charge in [0.1, 0.15) is 5.75 Å². The Morgan fingerprint density at radius 2 is 2.00 bits per heavy atom. The van der Waals surface area contributed by atoms with E-state index in [0.29, 0.717) is 41.5 Å². The monoisotopic (exact) mass is 444 g/mol. The number of aryl methyl sites for hydroxylation is 2. The van der Waals surface area contributed by atoms with E-state index in [2.05, 4.69) is 4.98 Å². The molecule has 0 fully saturated rings. The van der Waals surface area contributed by atoms with Crippen LogP contribution in [-0.2, 0) is 9.53 Å². The van der Waals surface area contributed by atoms with Crippen LogP contribution in [-0.4, -0.2) is 53.0 Å². The predicted octanol–water partition coefficient (Wildman–Crippen LogP) is 4.16. The summed E-state index contributed by atoms with van der Waals surface area (Å²) in [5.74, 6) is -0.925. The molecule has 8 heteroatoms. The second-order valence-electron chi connectivity index (χ2n) is 7.65. The molecule has 1 amide bonds. The average Bonchev–Trinajstić information content (AvgIpc) is 3.20. The Balaban J connectivity index is 2.03. The summed E-state index contributed by atoms with van der Waals surface area (Å²) in [5.41, 5.74) is 1.29. The highest BCUT2D eigenvalue weighted by atomic mass is 32.1. The number of amides is 1. The highest BCUT2D eigenvalue weighted by molar-refractivity contribution is 7.14. The Labute approximate surface area is 186 Å². The number of nitrogens with zero attached hydrogens (tertiary/aromatic N) is 2. The third-order valence-electron chi connectivity index (χ3n) is 5.09. The molecule has 0 saturated heterocycles. The Kier molecular flexibility index (Phi) is 7.12. The van der Waals surface area contributed by atoms with E-state index in [4.69, 9.17) is 9.47 Å². The van der Waals surface area contributed by atoms with E-state index in [1.807, 2.05) is 39.0 Å². The first-order valence-corrected chi connectivity index (χ1v) is 11.0. The van der Waals surface area contributed by atoms with Crippen molar-refractivity contribution in [3.05, 3.63) is 56.7 Å². The zero-order valence-corrected chi connectivity index (χ0v) is 19.3. The van der Waals surface area contributed by atoms with Crippen LogP contribution in [0.4, 0.5) is 0 Å². The van der Waals surface area contributed by atoms with Crippen LogP contribution in [0.5, 0.6) is 5.75 Å². The molecule has 31 heavy (non-hydrogen) atoms. The lowest BCUT2D eigenvalue weighted by molar-refractivity contribution is -0.129. The van der Waals surface area contributed by atoms with Gasteiger partial charge in [-0.25, -0.2) is 4.98 Å². The standard InChI is InChI=1S/C23H28N2O5S/c1-13(2)30-12-8-11-25-19(16-9-6-7-10-17(16)29-5)18(21(27)23(25)28)20(26)22-14(3)24-15(4)31-22/h6-7,9-10,13,19,27H,8,11-12H2,1-5H3. The predicted molar refractivity (Wildman–Crippen MR) is 119 cm³/mol. The SMILES string of the molecule is COc1ccccc1C1C(C(=O)c2sc(C)nc2C)=C(O)C(=O)N1CCCOC(C)C. The number of aliphatic hydroxyl groups is 1. The van der Waals surface area contributed by atoms with Gasteiger partial charge in [-0.15, -0.1) is 11.3 Å². The number of carbonyl (C=O) groups is 2. The van der Waals surface area contributed by atoms with Gasteiger partial charge in [-0.3, -0.25) is 9.59 Å². The normalized spacial score (nSPS) is 16.5. The number of methoxy groups -OCH3 is 1. The molecule has 0 aliphatic carbocycles. The van der Waals surface area contributed by atoms with E-state index in [9.17, 15) is 14.7 Å². The summed E-state index contributed by atoms with van der Waals surface area (Å²) in [6.07, 6.45) is 0.656. The van der Waals surface area contributed by atoms with Gasteiger partial charge in [0, 0.05) is 18.7 Å². The molecule has 2 heterocycles. The molecule has 0 spiro atoms. The van der Waals surface area contributed by atoms with Crippen LogP contribution in [0.3, 0.4) is 0 Å². The lowest BCUT2D eigenvalue weighted by atomic mass is 9.94. The molecule has 1 aliphatic heterocycles. The van der Waals surface area contributed by atoms with E-state index in [0.717, 1.165) is 5.01 Å². The van der Waals surface area contributed by atoms with Crippen molar-refractivity contribution in [3.8, 4) is 5.75 Å². The molecule has 3 rings (SSSR count). The number of carbonyl (C=O) groups excluding carboxylic acids is 2. The molecular formula is C23H28N2O5S. The summed E-state index contributed by atoms with van der Waals surface area (Å²) in [6.45, 7) is 8.27. The Bertz CT molecular complexity index is 1010. The number of para-hydroxylation sites is 1. The summed E-state index contributed by atoms with van der Waals surface area (Å²) >= 11 is 1.26. The van der Waals surface area contributed by atoms with Crippen molar-refractivity contribution < 1.29 is 24.2 Å². The number of rotatable bonds is 9. The fourth-order valence-corrected chi connectivity index (χ4v) is 4.62. The van der Waals surface area contributed by atoms with E-state index in [-0.39, 0.29) is 17.5 Å². The quantitative estimate of drug-likeness (QED) is 0.461. The fourth-order valence-electron chi connectivity index (χ4n) is 3.75. The number of aromatic nitrogens is 1. The van der Waals surface area contributed by atoms with Crippen LogP contribution >= 0.6 is 11.3 Å². The number of ether oxygens (including phenoxy) is 2. The van der Waals surface area contributed by atoms with Gasteiger partial charge in [-0.2, -0.15) is 0 Å². The highest BCUT2D eigenvalue weighted by Gasteiger charge is 2.45. The summed E-state index contributed by atoms with van der Waals surface area (Å²) in [4.78, 5) is 32.8. The maximum atomic E-state index is 13.5. The van der Waals surface area contributed by atoms with Gasteiger partial charge in [-0.1, -0.05) is 18.2 Å². The molecule has 1 aliphatic rings. The number of Topliss-reactive ketones (excluding diaryl/α,β-unsaturated/α-hetero) is 1. The minimum atomic E-state index is -0.753. The second-order valence-corrected chi connectivity index (χ2v) is 8.86. The lowest BCUT2D eigenvalue weighted by Crippen LogP contribution is -2.33. The smallest absolute Gasteiger partial charge is 0.290 e. The van der Waals surface area contributed by atoms with Crippen molar-refractivity contribution in [1.82, 2.24) is 9.88 Å². The molecule has 0 radical (unpaired) electrons. The van der Waals surface area contributed by atoms with E-state index >= 15 is 0 Å². The summed E-state index contributed by atoms with van der Waals surface area (Å²) < 4.78 is 11.1. The third-order valence-corrected chi connectivity index (χ3v) is 6.16. The van der Waals surface area contributed by atoms with Crippen LogP contribution in [0.1, 0.15) is 52.2 Å². The van der Waals surface area contributed by atoms with E-state index in [1.54, 1.807) is 13.0 Å². The molecule has 1 atom stereocenters. The first-order valence-electron chi connectivity index (χ1n) is 10.2. The topological polar surface area (TPSA) is 89.0 Å². The third kappa shape index (κ3) is 4.65. The molecule has 1 unspecified atom stereocenters. The summed E-state index contributed by atoms with van der Waals surface area (Å²) in [6, 6.07) is 6.48. The highest BCUT2D eigenvalue weighted by Crippen LogP contribution is 2.43. The lowest BCUT2D eigenvalue weighted by Gasteiger charge is -2.28. The largest absolute Gasteiger partial charge is 0.503 e. The first-order chi connectivity index (χ1) is 14.8. The Hall–Kier alpha value is -2.71. The Morgan fingerprint density at radius 3 is 2.61 bits per heavy atom. The number of benzene rings is 1. The molecule has 2 aromatic rings. The van der Waals surface area contributed by atoms with Crippen LogP contribution in [0.15, 0.2) is 35.6 Å². The number of aliphatic hydroxyl groups excluding tert-OH is 1. The summed E-state index contributed by atoms with van der Waals surface area (Å²) in [7, 11) is 1.54.